The van der Waals surface area contributed by atoms with Crippen molar-refractivity contribution < 1.29 is 18.0 Å². The number of hydrogen-bond acceptors (Lipinski definition) is 4. The molecule has 0 unspecified atom stereocenters. The summed E-state index contributed by atoms with van der Waals surface area (Å²) in [5, 5.41) is 2.94. The monoisotopic (exact) mass is 535 g/mol. The summed E-state index contributed by atoms with van der Waals surface area (Å²) in [6.07, 6.45) is 0.751. The van der Waals surface area contributed by atoms with Gasteiger partial charge in [0.15, 0.2) is 0 Å². The number of anilines is 1. The second kappa shape index (κ2) is 12.7. The van der Waals surface area contributed by atoms with Gasteiger partial charge in [-0.25, -0.2) is 8.42 Å². The molecule has 0 saturated carbocycles. The van der Waals surface area contributed by atoms with Gasteiger partial charge in [0.05, 0.1) is 10.6 Å². The zero-order valence-corrected chi connectivity index (χ0v) is 23.5. The first-order chi connectivity index (χ1) is 18.0. The number of nitrogens with one attached hydrogen (secondary N) is 1. The van der Waals surface area contributed by atoms with E-state index in [1.54, 1.807) is 49.4 Å². The number of nitrogens with zero attached hydrogens (tertiary/aromatic N) is 2. The van der Waals surface area contributed by atoms with E-state index in [9.17, 15) is 18.0 Å². The highest BCUT2D eigenvalue weighted by Crippen LogP contribution is 2.25. The highest BCUT2D eigenvalue weighted by atomic mass is 32.2. The van der Waals surface area contributed by atoms with Gasteiger partial charge in [0.1, 0.15) is 12.6 Å². The summed E-state index contributed by atoms with van der Waals surface area (Å²) in [4.78, 5) is 28.5. The molecule has 0 heterocycles. The maximum absolute atomic E-state index is 13.9. The quantitative estimate of drug-likeness (QED) is 0.381. The van der Waals surface area contributed by atoms with Crippen LogP contribution in [-0.2, 0) is 26.2 Å². The molecule has 2 amide bonds. The summed E-state index contributed by atoms with van der Waals surface area (Å²) in [5.74, 6) is -0.759. The van der Waals surface area contributed by atoms with Crippen LogP contribution < -0.4 is 9.62 Å². The lowest BCUT2D eigenvalue weighted by Crippen LogP contribution is -2.52. The molecule has 1 N–H and O–H groups in total. The van der Waals surface area contributed by atoms with Crippen molar-refractivity contribution >= 4 is 27.5 Å². The predicted octanol–water partition coefficient (Wildman–Crippen LogP) is 4.83. The molecule has 202 valence electrons. The maximum atomic E-state index is 13.9. The minimum Gasteiger partial charge on any atom is -0.352 e. The molecule has 0 aliphatic heterocycles. The molecule has 0 bridgehead atoms. The van der Waals surface area contributed by atoms with Crippen molar-refractivity contribution in [2.45, 2.75) is 64.6 Å². The third-order valence-electron chi connectivity index (χ3n) is 6.54. The number of rotatable bonds is 11. The number of hydrogen-bond donors (Lipinski definition) is 1. The van der Waals surface area contributed by atoms with Gasteiger partial charge >= 0.3 is 0 Å². The van der Waals surface area contributed by atoms with Crippen LogP contribution in [-0.4, -0.2) is 43.8 Å². The van der Waals surface area contributed by atoms with Crippen molar-refractivity contribution in [2.75, 3.05) is 10.8 Å². The Morgan fingerprint density at radius 3 is 2.13 bits per heavy atom. The first kappa shape index (κ1) is 28.9. The largest absolute Gasteiger partial charge is 0.352 e. The molecule has 0 aliphatic carbocycles. The van der Waals surface area contributed by atoms with Crippen LogP contribution in [0.2, 0.25) is 0 Å². The van der Waals surface area contributed by atoms with Crippen molar-refractivity contribution in [3.05, 3.63) is 95.6 Å². The molecule has 0 fully saturated rings. The van der Waals surface area contributed by atoms with Crippen molar-refractivity contribution in [1.29, 1.82) is 0 Å². The van der Waals surface area contributed by atoms with E-state index in [1.807, 2.05) is 64.1 Å². The standard InChI is InChI=1S/C30H37N3O4S/c1-6-24(4)31-30(35)25(5)32(20-26-12-8-7-9-13-26)29(34)21-33(27-14-10-11-23(3)19-27)38(36,37)28-17-15-22(2)16-18-28/h7-19,24-25H,6,20-21H2,1-5H3,(H,31,35)/t24-,25+/m0/s1. The Bertz CT molecular complexity index is 1340. The van der Waals surface area contributed by atoms with E-state index >= 15 is 0 Å². The fourth-order valence-corrected chi connectivity index (χ4v) is 5.38. The van der Waals surface area contributed by atoms with Gasteiger partial charge in [-0.2, -0.15) is 0 Å². The Morgan fingerprint density at radius 2 is 1.53 bits per heavy atom. The fraction of sp³-hybridized carbons (Fsp3) is 0.333. The van der Waals surface area contributed by atoms with E-state index in [4.69, 9.17) is 0 Å². The van der Waals surface area contributed by atoms with E-state index in [2.05, 4.69) is 5.32 Å². The fourth-order valence-electron chi connectivity index (χ4n) is 3.98. The summed E-state index contributed by atoms with van der Waals surface area (Å²) >= 11 is 0. The molecule has 3 rings (SSSR count). The molecule has 0 aliphatic rings. The van der Waals surface area contributed by atoms with Crippen LogP contribution in [0.15, 0.2) is 83.8 Å². The van der Waals surface area contributed by atoms with Crippen LogP contribution in [0.5, 0.6) is 0 Å². The topological polar surface area (TPSA) is 86.8 Å². The molecule has 38 heavy (non-hydrogen) atoms. The van der Waals surface area contributed by atoms with E-state index in [0.717, 1.165) is 27.4 Å². The summed E-state index contributed by atoms with van der Waals surface area (Å²) in [7, 11) is -4.07. The van der Waals surface area contributed by atoms with Crippen molar-refractivity contribution in [2.24, 2.45) is 0 Å². The van der Waals surface area contributed by atoms with Crippen LogP contribution in [0.3, 0.4) is 0 Å². The minimum atomic E-state index is -4.07. The highest BCUT2D eigenvalue weighted by Gasteiger charge is 2.32. The van der Waals surface area contributed by atoms with E-state index in [0.29, 0.717) is 5.69 Å². The van der Waals surface area contributed by atoms with E-state index in [-0.39, 0.29) is 23.4 Å². The average Bonchev–Trinajstić information content (AvgIpc) is 2.90. The zero-order chi connectivity index (χ0) is 27.9. The molecule has 7 nitrogen and oxygen atoms in total. The predicted molar refractivity (Wildman–Crippen MR) is 151 cm³/mol. The third kappa shape index (κ3) is 7.22. The van der Waals surface area contributed by atoms with Gasteiger partial charge < -0.3 is 10.2 Å². The maximum Gasteiger partial charge on any atom is 0.264 e. The Labute approximate surface area is 226 Å². The summed E-state index contributed by atoms with van der Waals surface area (Å²) < 4.78 is 28.8. The molecule has 0 radical (unpaired) electrons. The first-order valence-corrected chi connectivity index (χ1v) is 14.3. The second-order valence-corrected chi connectivity index (χ2v) is 11.5. The summed E-state index contributed by atoms with van der Waals surface area (Å²) in [5.41, 5.74) is 3.02. The van der Waals surface area contributed by atoms with Crippen LogP contribution in [0, 0.1) is 13.8 Å². The van der Waals surface area contributed by atoms with Gasteiger partial charge in [-0.3, -0.25) is 13.9 Å². The first-order valence-electron chi connectivity index (χ1n) is 12.8. The van der Waals surface area contributed by atoms with Crippen molar-refractivity contribution in [3.8, 4) is 0 Å². The Morgan fingerprint density at radius 1 is 0.868 bits per heavy atom. The molecular formula is C30H37N3O4S. The van der Waals surface area contributed by atoms with Gasteiger partial charge in [-0.1, -0.05) is 67.1 Å². The number of sulfonamides is 1. The number of benzene rings is 3. The molecule has 0 saturated heterocycles. The van der Waals surface area contributed by atoms with E-state index in [1.165, 1.54) is 4.90 Å². The highest BCUT2D eigenvalue weighted by molar-refractivity contribution is 7.92. The van der Waals surface area contributed by atoms with Crippen molar-refractivity contribution in [1.82, 2.24) is 10.2 Å². The number of amides is 2. The van der Waals surface area contributed by atoms with Gasteiger partial charge in [-0.15, -0.1) is 0 Å². The molecule has 3 aromatic carbocycles. The van der Waals surface area contributed by atoms with Crippen LogP contribution in [0.25, 0.3) is 0 Å². The Hall–Kier alpha value is -3.65. The molecular weight excluding hydrogens is 498 g/mol. The lowest BCUT2D eigenvalue weighted by atomic mass is 10.1. The van der Waals surface area contributed by atoms with Crippen molar-refractivity contribution in [3.63, 3.8) is 0 Å². The minimum absolute atomic E-state index is 0.0515. The lowest BCUT2D eigenvalue weighted by molar-refractivity contribution is -0.139. The normalized spacial score (nSPS) is 12.9. The van der Waals surface area contributed by atoms with Crippen LogP contribution in [0.1, 0.15) is 43.9 Å². The van der Waals surface area contributed by atoms with Gasteiger partial charge in [0, 0.05) is 12.6 Å². The number of aryl methyl sites for hydroxylation is 2. The van der Waals surface area contributed by atoms with Gasteiger partial charge in [0.2, 0.25) is 11.8 Å². The SMILES string of the molecule is CC[C@H](C)NC(=O)[C@@H](C)N(Cc1ccccc1)C(=O)CN(c1cccc(C)c1)S(=O)(=O)c1ccc(C)cc1. The molecule has 2 atom stereocenters. The number of carbonyl (C=O) groups excluding carboxylic acids is 2. The Balaban J connectivity index is 2.01. The van der Waals surface area contributed by atoms with Crippen LogP contribution in [0.4, 0.5) is 5.69 Å². The summed E-state index contributed by atoms with van der Waals surface area (Å²) in [6, 6.07) is 22.1. The van der Waals surface area contributed by atoms with Crippen LogP contribution >= 0.6 is 0 Å². The van der Waals surface area contributed by atoms with Gasteiger partial charge in [0.25, 0.3) is 10.0 Å². The molecule has 0 aromatic heterocycles. The smallest absolute Gasteiger partial charge is 0.264 e. The molecule has 8 heteroatoms. The Kier molecular flexibility index (Phi) is 9.69. The zero-order valence-electron chi connectivity index (χ0n) is 22.7. The lowest BCUT2D eigenvalue weighted by Gasteiger charge is -2.32. The number of carbonyl (C=O) groups is 2. The molecule has 0 spiro atoms. The molecule has 3 aromatic rings. The second-order valence-electron chi connectivity index (χ2n) is 9.66. The average molecular weight is 536 g/mol. The van der Waals surface area contributed by atoms with Gasteiger partial charge in [-0.05, 0) is 69.5 Å². The third-order valence-corrected chi connectivity index (χ3v) is 8.33. The van der Waals surface area contributed by atoms with E-state index < -0.39 is 28.5 Å². The summed E-state index contributed by atoms with van der Waals surface area (Å²) in [6.45, 7) is 9.01.